The van der Waals surface area contributed by atoms with Crippen LogP contribution in [0.15, 0.2) is 55.1 Å². The second-order valence-electron chi connectivity index (χ2n) is 12.5. The Morgan fingerprint density at radius 1 is 1.07 bits per heavy atom. The fraction of sp³-hybridized carbons (Fsp3) is 0.471. The lowest BCUT2D eigenvalue weighted by atomic mass is 10.0. The highest BCUT2D eigenvalue weighted by atomic mass is 16.5. The first-order chi connectivity index (χ1) is 21.1. The van der Waals surface area contributed by atoms with Crippen molar-refractivity contribution < 1.29 is 9.53 Å². The van der Waals surface area contributed by atoms with Gasteiger partial charge in [0.05, 0.1) is 18.8 Å². The van der Waals surface area contributed by atoms with E-state index >= 15 is 0 Å². The number of hydrogen-bond acceptors (Lipinski definition) is 7. The molecule has 4 aliphatic rings. The summed E-state index contributed by atoms with van der Waals surface area (Å²) in [5.41, 5.74) is 3.58. The molecule has 1 amide bonds. The molecule has 3 aliphatic heterocycles. The van der Waals surface area contributed by atoms with E-state index in [9.17, 15) is 4.79 Å². The molecule has 1 aromatic heterocycles. The smallest absolute Gasteiger partial charge is 0.318 e. The third kappa shape index (κ3) is 5.52. The summed E-state index contributed by atoms with van der Waals surface area (Å²) in [5.74, 6) is 0.774. The van der Waals surface area contributed by atoms with Crippen molar-refractivity contribution in [2.24, 2.45) is 5.41 Å². The number of likely N-dealkylation sites (tertiary alicyclic amines) is 1. The van der Waals surface area contributed by atoms with Gasteiger partial charge in [0.15, 0.2) is 0 Å². The van der Waals surface area contributed by atoms with Crippen molar-refractivity contribution in [1.82, 2.24) is 19.8 Å². The Bertz CT molecular complexity index is 1570. The number of hydrogen-bond donors (Lipinski definition) is 0. The van der Waals surface area contributed by atoms with Crippen LogP contribution >= 0.6 is 0 Å². The van der Waals surface area contributed by atoms with Gasteiger partial charge in [0, 0.05) is 54.8 Å². The normalized spacial score (nSPS) is 21.1. The van der Waals surface area contributed by atoms with Crippen LogP contribution in [0.25, 0.3) is 15.6 Å². The highest BCUT2D eigenvalue weighted by Gasteiger charge is 2.46. The molecule has 0 spiro atoms. The van der Waals surface area contributed by atoms with Crippen molar-refractivity contribution in [3.05, 3.63) is 77.8 Å². The van der Waals surface area contributed by atoms with E-state index in [1.54, 1.807) is 4.90 Å². The monoisotopic (exact) mass is 577 g/mol. The molecule has 4 heterocycles. The first kappa shape index (κ1) is 27.7. The van der Waals surface area contributed by atoms with Crippen LogP contribution in [0.2, 0.25) is 0 Å². The summed E-state index contributed by atoms with van der Waals surface area (Å²) >= 11 is 0. The molecule has 222 valence electrons. The third-order valence-corrected chi connectivity index (χ3v) is 9.64. The number of fused-ring (bicyclic) bond motifs is 2. The van der Waals surface area contributed by atoms with Crippen molar-refractivity contribution in [3.63, 3.8) is 0 Å². The molecule has 7 rings (SSSR count). The average Bonchev–Trinajstić information content (AvgIpc) is 3.80. The van der Waals surface area contributed by atoms with Gasteiger partial charge < -0.3 is 29.2 Å². The van der Waals surface area contributed by atoms with E-state index in [1.165, 1.54) is 54.9 Å². The minimum atomic E-state index is -0.214. The predicted octanol–water partition coefficient (Wildman–Crippen LogP) is 4.18. The summed E-state index contributed by atoms with van der Waals surface area (Å²) in [6.45, 7) is 18.8. The topological polar surface area (TPSA) is 69.4 Å². The molecule has 3 fully saturated rings. The van der Waals surface area contributed by atoms with Gasteiger partial charge in [-0.25, -0.2) is 6.57 Å². The van der Waals surface area contributed by atoms with E-state index in [2.05, 4.69) is 68.6 Å². The molecule has 2 saturated heterocycles. The van der Waals surface area contributed by atoms with E-state index in [0.717, 1.165) is 36.6 Å². The highest BCUT2D eigenvalue weighted by Crippen LogP contribution is 2.47. The number of anilines is 2. The van der Waals surface area contributed by atoms with Gasteiger partial charge in [0.1, 0.15) is 11.9 Å². The van der Waals surface area contributed by atoms with Crippen LogP contribution in [0, 0.1) is 12.0 Å². The van der Waals surface area contributed by atoms with Crippen molar-refractivity contribution in [2.75, 3.05) is 68.8 Å². The molecular weight excluding hydrogens is 538 g/mol. The molecule has 0 N–H and O–H groups in total. The van der Waals surface area contributed by atoms with E-state index in [-0.39, 0.29) is 23.9 Å². The lowest BCUT2D eigenvalue weighted by Crippen LogP contribution is -2.56. The molecule has 1 atom stereocenters. The Labute approximate surface area is 253 Å². The first-order valence-corrected chi connectivity index (χ1v) is 15.5. The average molecular weight is 578 g/mol. The second kappa shape index (κ2) is 11.5. The number of benzene rings is 2. The molecule has 9 nitrogen and oxygen atoms in total. The SMILES string of the molecule is [C-]#[N+]CC1CN(c2nc(OCC3(CN4CCC4)CC3)nc3c2CCN(c2cccc4ccccc24)C3)CCN1C(=O)C=C. The first-order valence-electron chi connectivity index (χ1n) is 15.5. The Kier molecular flexibility index (Phi) is 7.39. The van der Waals surface area contributed by atoms with Crippen molar-refractivity contribution >= 4 is 28.2 Å². The predicted molar refractivity (Wildman–Crippen MR) is 168 cm³/mol. The van der Waals surface area contributed by atoms with E-state index in [4.69, 9.17) is 21.3 Å². The summed E-state index contributed by atoms with van der Waals surface area (Å²) in [7, 11) is 0. The number of carbonyl (C=O) groups is 1. The molecule has 0 radical (unpaired) electrons. The van der Waals surface area contributed by atoms with Crippen LogP contribution < -0.4 is 14.5 Å². The largest absolute Gasteiger partial charge is 0.463 e. The summed E-state index contributed by atoms with van der Waals surface area (Å²) < 4.78 is 6.44. The molecule has 0 bridgehead atoms. The van der Waals surface area contributed by atoms with Gasteiger partial charge in [0.25, 0.3) is 0 Å². The minimum Gasteiger partial charge on any atom is -0.463 e. The Morgan fingerprint density at radius 2 is 1.91 bits per heavy atom. The summed E-state index contributed by atoms with van der Waals surface area (Å²) in [5, 5.41) is 2.47. The number of ether oxygens (including phenoxy) is 1. The lowest BCUT2D eigenvalue weighted by molar-refractivity contribution is -0.128. The molecule has 9 heteroatoms. The zero-order valence-electron chi connectivity index (χ0n) is 24.7. The molecule has 1 aliphatic carbocycles. The molecule has 3 aromatic rings. The Morgan fingerprint density at radius 3 is 2.67 bits per heavy atom. The minimum absolute atomic E-state index is 0.121. The Balaban J connectivity index is 1.19. The van der Waals surface area contributed by atoms with Crippen LogP contribution in [-0.2, 0) is 17.8 Å². The van der Waals surface area contributed by atoms with Crippen molar-refractivity contribution in [2.45, 2.75) is 38.3 Å². The van der Waals surface area contributed by atoms with Gasteiger partial charge in [-0.2, -0.15) is 9.97 Å². The lowest BCUT2D eigenvalue weighted by Gasteiger charge is -2.41. The van der Waals surface area contributed by atoms with Gasteiger partial charge in [-0.15, -0.1) is 0 Å². The Hall–Kier alpha value is -4.16. The molecule has 43 heavy (non-hydrogen) atoms. The fourth-order valence-corrected chi connectivity index (χ4v) is 6.88. The van der Waals surface area contributed by atoms with Gasteiger partial charge >= 0.3 is 6.01 Å². The van der Waals surface area contributed by atoms with Crippen LogP contribution in [0.3, 0.4) is 0 Å². The molecule has 1 unspecified atom stereocenters. The van der Waals surface area contributed by atoms with Gasteiger partial charge in [-0.3, -0.25) is 4.79 Å². The van der Waals surface area contributed by atoms with Crippen LogP contribution in [0.1, 0.15) is 30.5 Å². The summed E-state index contributed by atoms with van der Waals surface area (Å²) in [6.07, 6.45) is 5.83. The number of piperazine rings is 1. The quantitative estimate of drug-likeness (QED) is 0.279. The number of rotatable bonds is 9. The van der Waals surface area contributed by atoms with Gasteiger partial charge in [0.2, 0.25) is 12.5 Å². The number of amides is 1. The number of carbonyl (C=O) groups excluding carboxylic acids is 1. The van der Waals surface area contributed by atoms with Crippen LogP contribution in [0.4, 0.5) is 11.5 Å². The zero-order chi connectivity index (χ0) is 29.4. The maximum atomic E-state index is 12.6. The van der Waals surface area contributed by atoms with Gasteiger partial charge in [-0.1, -0.05) is 43.0 Å². The maximum Gasteiger partial charge on any atom is 0.318 e. The van der Waals surface area contributed by atoms with Gasteiger partial charge in [-0.05, 0) is 56.3 Å². The molecule has 2 aromatic carbocycles. The van der Waals surface area contributed by atoms with E-state index in [0.29, 0.717) is 38.8 Å². The van der Waals surface area contributed by atoms with E-state index < -0.39 is 0 Å². The summed E-state index contributed by atoms with van der Waals surface area (Å²) in [6, 6.07) is 15.2. The highest BCUT2D eigenvalue weighted by molar-refractivity contribution is 5.94. The number of aromatic nitrogens is 2. The number of nitrogens with zero attached hydrogens (tertiary/aromatic N) is 7. The molecular formula is C34H39N7O2. The fourth-order valence-electron chi connectivity index (χ4n) is 6.88. The second-order valence-corrected chi connectivity index (χ2v) is 12.5. The molecule has 1 saturated carbocycles. The summed E-state index contributed by atoms with van der Waals surface area (Å²) in [4.78, 5) is 35.3. The zero-order valence-corrected chi connectivity index (χ0v) is 24.7. The maximum absolute atomic E-state index is 12.6. The standard InChI is InChI=1S/C34H39N7O2/c1-3-31(42)41-19-18-40(21-26(41)20-35-2)32-28-12-17-39(30-11-6-9-25-8-4-5-10-27(25)30)22-29(28)36-33(37-32)43-24-34(13-14-34)23-38-15-7-16-38/h3-6,8-11,26H,1,7,12-24H2. The van der Waals surface area contributed by atoms with Crippen molar-refractivity contribution in [3.8, 4) is 6.01 Å². The van der Waals surface area contributed by atoms with Crippen molar-refractivity contribution in [1.29, 1.82) is 0 Å². The van der Waals surface area contributed by atoms with Crippen LogP contribution in [-0.4, -0.2) is 90.7 Å². The van der Waals surface area contributed by atoms with Crippen LogP contribution in [0.5, 0.6) is 6.01 Å². The third-order valence-electron chi connectivity index (χ3n) is 9.64. The van der Waals surface area contributed by atoms with E-state index in [1.807, 2.05) is 0 Å².